The van der Waals surface area contributed by atoms with Gasteiger partial charge in [-0.25, -0.2) is 0 Å². The third-order valence-corrected chi connectivity index (χ3v) is 5.36. The van der Waals surface area contributed by atoms with Crippen LogP contribution in [0.1, 0.15) is 41.5 Å². The average molecular weight is 295 g/mol. The Labute approximate surface area is 130 Å². The molecule has 2 aliphatic heterocycles. The number of hydrogen-bond donors (Lipinski definition) is 0. The highest BCUT2D eigenvalue weighted by Crippen LogP contribution is 2.37. The number of nitrogens with zero attached hydrogens (tertiary/aromatic N) is 3. The summed E-state index contributed by atoms with van der Waals surface area (Å²) in [7, 11) is 0. The molecule has 4 nitrogen and oxygen atoms in total. The van der Waals surface area contributed by atoms with Gasteiger partial charge in [-0.3, -0.25) is 14.6 Å². The van der Waals surface area contributed by atoms with E-state index in [1.807, 2.05) is 0 Å². The summed E-state index contributed by atoms with van der Waals surface area (Å²) in [6, 6.07) is 1.11. The van der Waals surface area contributed by atoms with Crippen LogP contribution in [-0.2, 0) is 4.79 Å². The number of amides is 1. The van der Waals surface area contributed by atoms with Crippen LogP contribution in [0, 0.1) is 11.3 Å². The summed E-state index contributed by atoms with van der Waals surface area (Å²) in [5.41, 5.74) is 0.0938. The van der Waals surface area contributed by atoms with E-state index in [4.69, 9.17) is 0 Å². The van der Waals surface area contributed by atoms with Crippen LogP contribution in [-0.4, -0.2) is 72.0 Å². The van der Waals surface area contributed by atoms with Gasteiger partial charge in [0.2, 0.25) is 5.91 Å². The van der Waals surface area contributed by atoms with Crippen molar-refractivity contribution < 1.29 is 4.79 Å². The number of rotatable bonds is 3. The molecule has 2 heterocycles. The van der Waals surface area contributed by atoms with Gasteiger partial charge in [0.15, 0.2) is 0 Å². The van der Waals surface area contributed by atoms with Gasteiger partial charge in [-0.15, -0.1) is 0 Å². The molecule has 0 aliphatic carbocycles. The van der Waals surface area contributed by atoms with Gasteiger partial charge < -0.3 is 4.90 Å². The fourth-order valence-electron chi connectivity index (χ4n) is 3.66. The van der Waals surface area contributed by atoms with E-state index in [1.165, 1.54) is 0 Å². The molecule has 0 bridgehead atoms. The maximum absolute atomic E-state index is 12.9. The molecule has 2 rings (SSSR count). The van der Waals surface area contributed by atoms with Crippen molar-refractivity contribution in [2.45, 2.75) is 53.6 Å². The quantitative estimate of drug-likeness (QED) is 0.796. The fraction of sp³-hybridized carbons (Fsp3) is 0.941. The molecule has 1 amide bonds. The topological polar surface area (TPSA) is 26.8 Å². The predicted octanol–water partition coefficient (Wildman–Crippen LogP) is 1.91. The largest absolute Gasteiger partial charge is 0.340 e. The van der Waals surface area contributed by atoms with Gasteiger partial charge in [-0.1, -0.05) is 13.8 Å². The lowest BCUT2D eigenvalue weighted by atomic mass is 9.81. The van der Waals surface area contributed by atoms with Crippen LogP contribution in [0.15, 0.2) is 0 Å². The van der Waals surface area contributed by atoms with Crippen LogP contribution in [0.3, 0.4) is 0 Å². The molecule has 1 atom stereocenters. The molecule has 2 aliphatic rings. The fourth-order valence-corrected chi connectivity index (χ4v) is 3.66. The van der Waals surface area contributed by atoms with Crippen molar-refractivity contribution >= 4 is 5.91 Å². The molecule has 21 heavy (non-hydrogen) atoms. The van der Waals surface area contributed by atoms with Crippen molar-refractivity contribution in [3.63, 3.8) is 0 Å². The lowest BCUT2D eigenvalue weighted by Crippen LogP contribution is -2.53. The van der Waals surface area contributed by atoms with E-state index in [1.54, 1.807) is 0 Å². The molecule has 122 valence electrons. The van der Waals surface area contributed by atoms with Crippen molar-refractivity contribution in [2.75, 3.05) is 39.3 Å². The van der Waals surface area contributed by atoms with Gasteiger partial charge in [0.1, 0.15) is 0 Å². The number of carbonyl (C=O) groups excluding carboxylic acids is 1. The van der Waals surface area contributed by atoms with Crippen molar-refractivity contribution in [3.8, 4) is 0 Å². The van der Waals surface area contributed by atoms with E-state index in [0.717, 1.165) is 39.3 Å². The maximum atomic E-state index is 12.9. The SMILES string of the molecule is CC(C)N1CCN(C(=O)[C@@H]2CN(C(C)C)CC2(C)C)CC1. The Kier molecular flexibility index (Phi) is 4.99. The maximum Gasteiger partial charge on any atom is 0.227 e. The molecule has 0 unspecified atom stereocenters. The zero-order chi connectivity index (χ0) is 15.8. The summed E-state index contributed by atoms with van der Waals surface area (Å²) in [5, 5.41) is 0. The van der Waals surface area contributed by atoms with Crippen molar-refractivity contribution in [1.29, 1.82) is 0 Å². The molecule has 0 radical (unpaired) electrons. The van der Waals surface area contributed by atoms with Crippen LogP contribution in [0.25, 0.3) is 0 Å². The zero-order valence-corrected chi connectivity index (χ0v) is 14.7. The molecular formula is C17H33N3O. The van der Waals surface area contributed by atoms with E-state index in [-0.39, 0.29) is 11.3 Å². The molecular weight excluding hydrogens is 262 g/mol. The first-order chi connectivity index (χ1) is 9.72. The molecule has 0 N–H and O–H groups in total. The molecule has 2 fully saturated rings. The first kappa shape index (κ1) is 16.8. The second kappa shape index (κ2) is 6.25. The predicted molar refractivity (Wildman–Crippen MR) is 87.3 cm³/mol. The molecule has 0 saturated carbocycles. The molecule has 0 aromatic heterocycles. The number of likely N-dealkylation sites (tertiary alicyclic amines) is 1. The normalized spacial score (nSPS) is 27.8. The highest BCUT2D eigenvalue weighted by atomic mass is 16.2. The van der Waals surface area contributed by atoms with E-state index < -0.39 is 0 Å². The summed E-state index contributed by atoms with van der Waals surface area (Å²) in [5.74, 6) is 0.539. The Morgan fingerprint density at radius 1 is 0.952 bits per heavy atom. The second-order valence-electron chi connectivity index (χ2n) is 8.02. The molecule has 0 aromatic carbocycles. The van der Waals surface area contributed by atoms with Gasteiger partial charge >= 0.3 is 0 Å². The third kappa shape index (κ3) is 3.59. The van der Waals surface area contributed by atoms with Crippen molar-refractivity contribution in [1.82, 2.24) is 14.7 Å². The Morgan fingerprint density at radius 2 is 1.48 bits per heavy atom. The highest BCUT2D eigenvalue weighted by Gasteiger charge is 2.45. The second-order valence-corrected chi connectivity index (χ2v) is 8.02. The number of piperazine rings is 1. The lowest BCUT2D eigenvalue weighted by Gasteiger charge is -2.39. The van der Waals surface area contributed by atoms with E-state index in [2.05, 4.69) is 56.2 Å². The highest BCUT2D eigenvalue weighted by molar-refractivity contribution is 5.80. The van der Waals surface area contributed by atoms with E-state index >= 15 is 0 Å². The van der Waals surface area contributed by atoms with E-state index in [0.29, 0.717) is 18.0 Å². The summed E-state index contributed by atoms with van der Waals surface area (Å²) in [6.07, 6.45) is 0. The Balaban J connectivity index is 1.97. The standard InChI is InChI=1S/C17H33N3O/c1-13(2)18-7-9-19(10-8-18)16(21)15-11-20(14(3)4)12-17(15,5)6/h13-15H,7-12H2,1-6H3/t15-/m0/s1. The third-order valence-electron chi connectivity index (χ3n) is 5.36. The zero-order valence-electron chi connectivity index (χ0n) is 14.7. The summed E-state index contributed by atoms with van der Waals surface area (Å²) < 4.78 is 0. The minimum Gasteiger partial charge on any atom is -0.340 e. The number of carbonyl (C=O) groups is 1. The van der Waals surface area contributed by atoms with Gasteiger partial charge in [0, 0.05) is 51.4 Å². The lowest BCUT2D eigenvalue weighted by molar-refractivity contribution is -0.139. The smallest absolute Gasteiger partial charge is 0.227 e. The minimum absolute atomic E-state index is 0.0938. The summed E-state index contributed by atoms with van der Waals surface area (Å²) >= 11 is 0. The van der Waals surface area contributed by atoms with Crippen LogP contribution < -0.4 is 0 Å². The summed E-state index contributed by atoms with van der Waals surface area (Å²) in [4.78, 5) is 20.0. The Hall–Kier alpha value is -0.610. The van der Waals surface area contributed by atoms with Gasteiger partial charge in [-0.2, -0.15) is 0 Å². The van der Waals surface area contributed by atoms with Crippen LogP contribution >= 0.6 is 0 Å². The van der Waals surface area contributed by atoms with Crippen LogP contribution in [0.4, 0.5) is 0 Å². The first-order valence-corrected chi connectivity index (χ1v) is 8.49. The van der Waals surface area contributed by atoms with Gasteiger partial charge in [0.25, 0.3) is 0 Å². The Morgan fingerprint density at radius 3 is 1.90 bits per heavy atom. The van der Waals surface area contributed by atoms with Crippen molar-refractivity contribution in [3.05, 3.63) is 0 Å². The molecule has 4 heteroatoms. The molecule has 0 spiro atoms. The van der Waals surface area contributed by atoms with Crippen LogP contribution in [0.2, 0.25) is 0 Å². The first-order valence-electron chi connectivity index (χ1n) is 8.49. The average Bonchev–Trinajstić information content (AvgIpc) is 2.74. The van der Waals surface area contributed by atoms with Crippen molar-refractivity contribution in [2.24, 2.45) is 11.3 Å². The summed E-state index contributed by atoms with van der Waals surface area (Å²) in [6.45, 7) is 19.2. The van der Waals surface area contributed by atoms with Crippen LogP contribution in [0.5, 0.6) is 0 Å². The van der Waals surface area contributed by atoms with E-state index in [9.17, 15) is 4.79 Å². The van der Waals surface area contributed by atoms with Gasteiger partial charge in [-0.05, 0) is 33.1 Å². The minimum atomic E-state index is 0.0938. The monoisotopic (exact) mass is 295 g/mol. The Bertz CT molecular complexity index is 370. The van der Waals surface area contributed by atoms with Gasteiger partial charge in [0.05, 0.1) is 5.92 Å². The molecule has 2 saturated heterocycles. The number of hydrogen-bond acceptors (Lipinski definition) is 3. The molecule has 0 aromatic rings.